The van der Waals surface area contributed by atoms with E-state index in [1.165, 1.54) is 11.1 Å². The Morgan fingerprint density at radius 1 is 1.00 bits per heavy atom. The maximum Gasteiger partial charge on any atom is 0.227 e. The molecule has 0 aliphatic carbocycles. The molecule has 1 amide bonds. The first-order chi connectivity index (χ1) is 14.7. The molecular formula is C26H25N3O. The fraction of sp³-hybridized carbons (Fsp3) is 0.231. The summed E-state index contributed by atoms with van der Waals surface area (Å²) in [6, 6.07) is 26.2. The Kier molecular flexibility index (Phi) is 6.10. The van der Waals surface area contributed by atoms with E-state index in [9.17, 15) is 4.79 Å². The smallest absolute Gasteiger partial charge is 0.227 e. The van der Waals surface area contributed by atoms with Gasteiger partial charge in [0.1, 0.15) is 0 Å². The van der Waals surface area contributed by atoms with Crippen molar-refractivity contribution in [3.63, 3.8) is 0 Å². The predicted octanol–water partition coefficient (Wildman–Crippen LogP) is 5.08. The van der Waals surface area contributed by atoms with E-state index >= 15 is 0 Å². The number of nitrogens with one attached hydrogen (secondary N) is 1. The van der Waals surface area contributed by atoms with Gasteiger partial charge in [0.15, 0.2) is 0 Å². The lowest BCUT2D eigenvalue weighted by molar-refractivity contribution is -0.118. The van der Waals surface area contributed by atoms with Crippen LogP contribution in [-0.2, 0) is 24.2 Å². The molecule has 1 heterocycles. The Labute approximate surface area is 177 Å². The Bertz CT molecular complexity index is 1050. The van der Waals surface area contributed by atoms with E-state index in [2.05, 4.69) is 41.7 Å². The summed E-state index contributed by atoms with van der Waals surface area (Å²) in [5.74, 6) is 0.158. The second-order valence-electron chi connectivity index (χ2n) is 7.64. The van der Waals surface area contributed by atoms with Gasteiger partial charge in [0.25, 0.3) is 0 Å². The molecule has 3 aromatic carbocycles. The number of nitrogens with zero attached hydrogens (tertiary/aromatic N) is 2. The van der Waals surface area contributed by atoms with Crippen molar-refractivity contribution in [2.24, 2.45) is 0 Å². The number of carbonyl (C=O) groups is 1. The summed E-state index contributed by atoms with van der Waals surface area (Å²) in [6.07, 6.45) is 3.14. The lowest BCUT2D eigenvalue weighted by Gasteiger charge is -2.30. The van der Waals surface area contributed by atoms with Gasteiger partial charge in [-0.25, -0.2) is 0 Å². The lowest BCUT2D eigenvalue weighted by Crippen LogP contribution is -2.35. The zero-order chi connectivity index (χ0) is 20.8. The fourth-order valence-electron chi connectivity index (χ4n) is 3.90. The van der Waals surface area contributed by atoms with Crippen LogP contribution in [0.1, 0.15) is 35.1 Å². The Morgan fingerprint density at radius 2 is 1.80 bits per heavy atom. The molecule has 0 bridgehead atoms. The first kappa shape index (κ1) is 19.7. The molecule has 0 saturated heterocycles. The molecule has 0 fully saturated rings. The van der Waals surface area contributed by atoms with Crippen molar-refractivity contribution in [3.05, 3.63) is 95.1 Å². The first-order valence-corrected chi connectivity index (χ1v) is 10.4. The molecule has 4 heteroatoms. The molecular weight excluding hydrogens is 370 g/mol. The summed E-state index contributed by atoms with van der Waals surface area (Å²) in [4.78, 5) is 14.8. The third-order valence-electron chi connectivity index (χ3n) is 5.55. The summed E-state index contributed by atoms with van der Waals surface area (Å²) in [5.41, 5.74) is 6.33. The van der Waals surface area contributed by atoms with Crippen LogP contribution in [0.25, 0.3) is 0 Å². The van der Waals surface area contributed by atoms with Crippen LogP contribution >= 0.6 is 0 Å². The number of anilines is 2. The average molecular weight is 396 g/mol. The second-order valence-corrected chi connectivity index (χ2v) is 7.64. The van der Waals surface area contributed by atoms with Gasteiger partial charge in [-0.15, -0.1) is 0 Å². The van der Waals surface area contributed by atoms with Gasteiger partial charge in [0.05, 0.1) is 11.6 Å². The summed E-state index contributed by atoms with van der Waals surface area (Å²) < 4.78 is 0. The highest BCUT2D eigenvalue weighted by molar-refractivity contribution is 5.95. The largest absolute Gasteiger partial charge is 0.381 e. The van der Waals surface area contributed by atoms with Gasteiger partial charge in [0, 0.05) is 30.9 Å². The maximum absolute atomic E-state index is 12.9. The molecule has 0 radical (unpaired) electrons. The van der Waals surface area contributed by atoms with Crippen molar-refractivity contribution in [2.75, 3.05) is 16.8 Å². The number of hydrogen-bond donors (Lipinski definition) is 1. The fourth-order valence-corrected chi connectivity index (χ4v) is 3.90. The Morgan fingerprint density at radius 3 is 2.57 bits per heavy atom. The van der Waals surface area contributed by atoms with E-state index in [4.69, 9.17) is 5.26 Å². The summed E-state index contributed by atoms with van der Waals surface area (Å²) in [6.45, 7) is 1.56. The summed E-state index contributed by atoms with van der Waals surface area (Å²) >= 11 is 0. The normalized spacial score (nSPS) is 12.7. The number of hydrogen-bond acceptors (Lipinski definition) is 3. The molecule has 3 aromatic rings. The highest BCUT2D eigenvalue weighted by Crippen LogP contribution is 2.30. The number of aryl methyl sites for hydroxylation is 2. The van der Waals surface area contributed by atoms with Crippen LogP contribution in [0.2, 0.25) is 0 Å². The number of carbonyl (C=O) groups excluding carboxylic acids is 1. The number of fused-ring (bicyclic) bond motifs is 1. The minimum absolute atomic E-state index is 0.158. The lowest BCUT2D eigenvalue weighted by atomic mass is 9.99. The van der Waals surface area contributed by atoms with Gasteiger partial charge in [-0.1, -0.05) is 42.5 Å². The van der Waals surface area contributed by atoms with Gasteiger partial charge in [-0.3, -0.25) is 4.79 Å². The van der Waals surface area contributed by atoms with E-state index in [1.54, 1.807) is 12.1 Å². The molecule has 0 spiro atoms. The minimum Gasteiger partial charge on any atom is -0.381 e. The monoisotopic (exact) mass is 395 g/mol. The van der Waals surface area contributed by atoms with Crippen LogP contribution in [-0.4, -0.2) is 12.5 Å². The van der Waals surface area contributed by atoms with Gasteiger partial charge < -0.3 is 10.2 Å². The van der Waals surface area contributed by atoms with Crippen molar-refractivity contribution in [2.45, 2.75) is 32.2 Å². The number of nitriles is 1. The van der Waals surface area contributed by atoms with Crippen LogP contribution in [0, 0.1) is 11.3 Å². The Balaban J connectivity index is 1.40. The molecule has 4 nitrogen and oxygen atoms in total. The van der Waals surface area contributed by atoms with Crippen molar-refractivity contribution in [3.8, 4) is 6.07 Å². The first-order valence-electron chi connectivity index (χ1n) is 10.4. The van der Waals surface area contributed by atoms with E-state index in [-0.39, 0.29) is 5.91 Å². The van der Waals surface area contributed by atoms with Crippen molar-refractivity contribution in [1.82, 2.24) is 0 Å². The van der Waals surface area contributed by atoms with E-state index in [0.717, 1.165) is 42.9 Å². The molecule has 0 saturated carbocycles. The molecule has 150 valence electrons. The molecule has 1 aliphatic heterocycles. The molecule has 4 rings (SSSR count). The van der Waals surface area contributed by atoms with Crippen LogP contribution in [0.5, 0.6) is 0 Å². The third-order valence-corrected chi connectivity index (χ3v) is 5.55. The molecule has 0 atom stereocenters. The maximum atomic E-state index is 12.9. The quantitative estimate of drug-likeness (QED) is 0.633. The molecule has 30 heavy (non-hydrogen) atoms. The van der Waals surface area contributed by atoms with Crippen molar-refractivity contribution in [1.29, 1.82) is 5.26 Å². The number of benzene rings is 3. The predicted molar refractivity (Wildman–Crippen MR) is 120 cm³/mol. The highest BCUT2D eigenvalue weighted by atomic mass is 16.2. The number of rotatable bonds is 6. The SMILES string of the molecule is N#Cc1ccc(CCC(=O)N2CCCc3cc(NCc4ccccc4)ccc32)cc1. The molecule has 0 aromatic heterocycles. The van der Waals surface area contributed by atoms with Gasteiger partial charge >= 0.3 is 0 Å². The summed E-state index contributed by atoms with van der Waals surface area (Å²) in [5, 5.41) is 12.4. The van der Waals surface area contributed by atoms with Crippen LogP contribution < -0.4 is 10.2 Å². The van der Waals surface area contributed by atoms with Gasteiger partial charge in [0.2, 0.25) is 5.91 Å². The van der Waals surface area contributed by atoms with Crippen LogP contribution in [0.15, 0.2) is 72.8 Å². The zero-order valence-electron chi connectivity index (χ0n) is 17.0. The topological polar surface area (TPSA) is 56.1 Å². The van der Waals surface area contributed by atoms with Gasteiger partial charge in [-0.2, -0.15) is 5.26 Å². The van der Waals surface area contributed by atoms with Crippen molar-refractivity contribution >= 4 is 17.3 Å². The van der Waals surface area contributed by atoms with E-state index in [1.807, 2.05) is 35.2 Å². The van der Waals surface area contributed by atoms with Gasteiger partial charge in [-0.05, 0) is 66.3 Å². The second kappa shape index (κ2) is 9.28. The van der Waals surface area contributed by atoms with E-state index < -0.39 is 0 Å². The molecule has 1 N–H and O–H groups in total. The average Bonchev–Trinajstić information content (AvgIpc) is 2.81. The molecule has 1 aliphatic rings. The highest BCUT2D eigenvalue weighted by Gasteiger charge is 2.22. The summed E-state index contributed by atoms with van der Waals surface area (Å²) in [7, 11) is 0. The van der Waals surface area contributed by atoms with E-state index in [0.29, 0.717) is 18.4 Å². The third kappa shape index (κ3) is 4.69. The Hall–Kier alpha value is -3.58. The van der Waals surface area contributed by atoms with Crippen LogP contribution in [0.4, 0.5) is 11.4 Å². The standard InChI is InChI=1S/C26H25N3O/c27-18-21-10-8-20(9-11-21)12-15-26(30)29-16-4-7-23-17-24(13-14-25(23)29)28-19-22-5-2-1-3-6-22/h1-3,5-6,8-11,13-14,17,28H,4,7,12,15-16,19H2. The minimum atomic E-state index is 0.158. The zero-order valence-corrected chi connectivity index (χ0v) is 17.0. The van der Waals surface area contributed by atoms with Crippen molar-refractivity contribution < 1.29 is 4.79 Å². The number of amides is 1. The van der Waals surface area contributed by atoms with Crippen LogP contribution in [0.3, 0.4) is 0 Å². The molecule has 0 unspecified atom stereocenters.